The number of nitrogens with zero attached hydrogens (tertiary/aromatic N) is 5. The molecule has 10 nitrogen and oxygen atoms in total. The molecule has 0 unspecified atom stereocenters. The molecule has 0 aliphatic rings. The molecule has 3 N–H and O–H groups in total. The number of pyridine rings is 1. The van der Waals surface area contributed by atoms with Crippen LogP contribution in [-0.2, 0) is 11.3 Å². The fourth-order valence-corrected chi connectivity index (χ4v) is 2.17. The summed E-state index contributed by atoms with van der Waals surface area (Å²) in [5.41, 5.74) is 0.552. The molecule has 3 heterocycles. The van der Waals surface area contributed by atoms with E-state index in [0.717, 1.165) is 10.4 Å². The highest BCUT2D eigenvalue weighted by Crippen LogP contribution is 2.12. The molecule has 0 fully saturated rings. The van der Waals surface area contributed by atoms with Gasteiger partial charge in [0.1, 0.15) is 12.4 Å². The van der Waals surface area contributed by atoms with Gasteiger partial charge in [0.25, 0.3) is 5.56 Å². The Hall–Kier alpha value is -3.82. The number of carbonyl (C=O) groups is 1. The molecule has 0 spiro atoms. The van der Waals surface area contributed by atoms with E-state index < -0.39 is 0 Å². The van der Waals surface area contributed by atoms with Crippen molar-refractivity contribution in [2.24, 2.45) is 0 Å². The number of nitrogens with one attached hydrogen (secondary N) is 3. The molecule has 0 bridgehead atoms. The van der Waals surface area contributed by atoms with Crippen molar-refractivity contribution in [2.45, 2.75) is 6.54 Å². The van der Waals surface area contributed by atoms with Crippen molar-refractivity contribution in [1.82, 2.24) is 30.3 Å². The van der Waals surface area contributed by atoms with Gasteiger partial charge in [-0.25, -0.2) is 4.68 Å². The zero-order valence-electron chi connectivity index (χ0n) is 14.4. The van der Waals surface area contributed by atoms with Crippen LogP contribution in [0.2, 0.25) is 0 Å². The minimum atomic E-state index is -0.318. The van der Waals surface area contributed by atoms with E-state index >= 15 is 0 Å². The summed E-state index contributed by atoms with van der Waals surface area (Å²) in [6, 6.07) is 10.1. The maximum atomic E-state index is 11.8. The predicted molar refractivity (Wildman–Crippen MR) is 99.5 cm³/mol. The van der Waals surface area contributed by atoms with Crippen LogP contribution in [0.15, 0.2) is 59.8 Å². The minimum absolute atomic E-state index is 0.116. The minimum Gasteiger partial charge on any atom is -0.367 e. The molecule has 1 amide bonds. The molecular formula is C17H18N8O2. The quantitative estimate of drug-likeness (QED) is 0.489. The van der Waals surface area contributed by atoms with Gasteiger partial charge in [-0.1, -0.05) is 0 Å². The van der Waals surface area contributed by atoms with Gasteiger partial charge in [-0.15, -0.1) is 10.2 Å². The van der Waals surface area contributed by atoms with Gasteiger partial charge in [-0.05, 0) is 30.3 Å². The van der Waals surface area contributed by atoms with Crippen molar-refractivity contribution in [3.05, 3.63) is 65.3 Å². The van der Waals surface area contributed by atoms with Gasteiger partial charge in [0.15, 0.2) is 5.82 Å². The fraction of sp³-hybridized carbons (Fsp3) is 0.176. The first-order chi connectivity index (χ1) is 13.2. The molecule has 0 aliphatic heterocycles. The van der Waals surface area contributed by atoms with Gasteiger partial charge in [0, 0.05) is 43.4 Å². The zero-order chi connectivity index (χ0) is 18.9. The van der Waals surface area contributed by atoms with Crippen molar-refractivity contribution < 1.29 is 4.79 Å². The molecule has 3 aromatic rings. The van der Waals surface area contributed by atoms with Crippen LogP contribution in [0.3, 0.4) is 0 Å². The zero-order valence-corrected chi connectivity index (χ0v) is 14.4. The van der Waals surface area contributed by atoms with Crippen molar-refractivity contribution >= 4 is 23.2 Å². The van der Waals surface area contributed by atoms with Crippen LogP contribution in [0.1, 0.15) is 0 Å². The van der Waals surface area contributed by atoms with Gasteiger partial charge in [-0.2, -0.15) is 5.10 Å². The smallest absolute Gasteiger partial charge is 0.267 e. The lowest BCUT2D eigenvalue weighted by atomic mass is 10.4. The summed E-state index contributed by atoms with van der Waals surface area (Å²) >= 11 is 0. The van der Waals surface area contributed by atoms with Crippen LogP contribution in [0.5, 0.6) is 0 Å². The monoisotopic (exact) mass is 366 g/mol. The summed E-state index contributed by atoms with van der Waals surface area (Å²) in [7, 11) is 0. The first-order valence-electron chi connectivity index (χ1n) is 8.24. The lowest BCUT2D eigenvalue weighted by Gasteiger charge is -2.08. The van der Waals surface area contributed by atoms with E-state index in [1.165, 1.54) is 18.3 Å². The third-order valence-corrected chi connectivity index (χ3v) is 3.45. The summed E-state index contributed by atoms with van der Waals surface area (Å²) in [6.45, 7) is 0.725. The Bertz CT molecular complexity index is 927. The van der Waals surface area contributed by atoms with Gasteiger partial charge in [0.2, 0.25) is 5.91 Å². The molecule has 10 heteroatoms. The topological polar surface area (TPSA) is 127 Å². The van der Waals surface area contributed by atoms with Crippen LogP contribution < -0.4 is 21.5 Å². The number of carbonyl (C=O) groups excluding carboxylic acids is 1. The summed E-state index contributed by atoms with van der Waals surface area (Å²) < 4.78 is 1.10. The van der Waals surface area contributed by atoms with E-state index in [9.17, 15) is 9.59 Å². The van der Waals surface area contributed by atoms with Crippen LogP contribution in [-0.4, -0.2) is 44.0 Å². The Morgan fingerprint density at radius 2 is 1.74 bits per heavy atom. The Morgan fingerprint density at radius 3 is 2.48 bits per heavy atom. The van der Waals surface area contributed by atoms with E-state index in [1.54, 1.807) is 24.5 Å². The van der Waals surface area contributed by atoms with Crippen LogP contribution in [0, 0.1) is 0 Å². The average molecular weight is 366 g/mol. The van der Waals surface area contributed by atoms with E-state index in [2.05, 4.69) is 36.2 Å². The fourth-order valence-electron chi connectivity index (χ4n) is 2.17. The second-order valence-corrected chi connectivity index (χ2v) is 5.46. The summed E-state index contributed by atoms with van der Waals surface area (Å²) in [5, 5.41) is 20.8. The molecule has 0 aliphatic carbocycles. The largest absolute Gasteiger partial charge is 0.367 e. The lowest BCUT2D eigenvalue weighted by Crippen LogP contribution is -2.35. The van der Waals surface area contributed by atoms with Gasteiger partial charge < -0.3 is 16.0 Å². The van der Waals surface area contributed by atoms with E-state index in [4.69, 9.17) is 0 Å². The molecule has 0 saturated heterocycles. The number of hydrogen-bond acceptors (Lipinski definition) is 8. The highest BCUT2D eigenvalue weighted by Gasteiger charge is 2.04. The SMILES string of the molecule is O=C(Cn1ncccc1=O)NCCNc1ccc(Nc2ccncc2)nn1. The third kappa shape index (κ3) is 5.59. The second kappa shape index (κ2) is 9.04. The van der Waals surface area contributed by atoms with Crippen molar-refractivity contribution in [3.63, 3.8) is 0 Å². The standard InChI is InChI=1S/C17H18N8O2/c26-16(12-25-17(27)2-1-7-21-25)20-11-10-19-14-3-4-15(24-23-14)22-13-5-8-18-9-6-13/h1-9H,10-12H2,(H,19,23)(H,20,26)(H,18,22,24). The van der Waals surface area contributed by atoms with Crippen LogP contribution in [0.25, 0.3) is 0 Å². The molecule has 3 aromatic heterocycles. The number of rotatable bonds is 8. The summed E-state index contributed by atoms with van der Waals surface area (Å²) in [5.74, 6) is 0.909. The van der Waals surface area contributed by atoms with Crippen molar-refractivity contribution in [2.75, 3.05) is 23.7 Å². The highest BCUT2D eigenvalue weighted by molar-refractivity contribution is 5.75. The molecule has 27 heavy (non-hydrogen) atoms. The van der Waals surface area contributed by atoms with Gasteiger partial charge in [-0.3, -0.25) is 14.6 Å². The molecule has 3 rings (SSSR count). The van der Waals surface area contributed by atoms with Crippen LogP contribution in [0.4, 0.5) is 17.3 Å². The first-order valence-corrected chi connectivity index (χ1v) is 8.24. The Labute approximate surface area is 154 Å². The van der Waals surface area contributed by atoms with E-state index in [-0.39, 0.29) is 18.0 Å². The molecule has 0 radical (unpaired) electrons. The second-order valence-electron chi connectivity index (χ2n) is 5.46. The maximum Gasteiger partial charge on any atom is 0.267 e. The Balaban J connectivity index is 1.39. The maximum absolute atomic E-state index is 11.8. The average Bonchev–Trinajstić information content (AvgIpc) is 2.69. The van der Waals surface area contributed by atoms with Gasteiger partial charge >= 0.3 is 0 Å². The Kier molecular flexibility index (Phi) is 6.02. The summed E-state index contributed by atoms with van der Waals surface area (Å²) in [4.78, 5) is 27.3. The molecule has 0 saturated carbocycles. The van der Waals surface area contributed by atoms with Crippen molar-refractivity contribution in [1.29, 1.82) is 0 Å². The number of amides is 1. The first kappa shape index (κ1) is 18.0. The highest BCUT2D eigenvalue weighted by atomic mass is 16.2. The number of anilines is 3. The molecule has 138 valence electrons. The summed E-state index contributed by atoms with van der Waals surface area (Å²) in [6.07, 6.45) is 4.83. The van der Waals surface area contributed by atoms with E-state index in [1.807, 2.05) is 12.1 Å². The van der Waals surface area contributed by atoms with Gasteiger partial charge in [0.05, 0.1) is 0 Å². The van der Waals surface area contributed by atoms with E-state index in [0.29, 0.717) is 24.7 Å². The lowest BCUT2D eigenvalue weighted by molar-refractivity contribution is -0.121. The van der Waals surface area contributed by atoms with Crippen LogP contribution >= 0.6 is 0 Å². The third-order valence-electron chi connectivity index (χ3n) is 3.45. The predicted octanol–water partition coefficient (Wildman–Crippen LogP) is 0.400. The number of aromatic nitrogens is 5. The molecule has 0 atom stereocenters. The molecular weight excluding hydrogens is 348 g/mol. The number of hydrogen-bond donors (Lipinski definition) is 3. The molecule has 0 aromatic carbocycles. The normalized spacial score (nSPS) is 10.2. The van der Waals surface area contributed by atoms with Crippen molar-refractivity contribution in [3.8, 4) is 0 Å². The Morgan fingerprint density at radius 1 is 0.963 bits per heavy atom.